The van der Waals surface area contributed by atoms with Crippen molar-refractivity contribution in [1.29, 1.82) is 0 Å². The number of unbranched alkanes of at least 4 members (excludes halogenated alkanes) is 28. The lowest BCUT2D eigenvalue weighted by atomic mass is 9.91. The molecule has 2 aromatic rings. The fourth-order valence-electron chi connectivity index (χ4n) is 8.86. The van der Waals surface area contributed by atoms with Gasteiger partial charge in [-0.3, -0.25) is 0 Å². The molecule has 0 amide bonds. The lowest BCUT2D eigenvalue weighted by Crippen LogP contribution is -2.11. The molecule has 0 aliphatic rings. The van der Waals surface area contributed by atoms with Gasteiger partial charge in [0.1, 0.15) is 5.52 Å². The maximum Gasteiger partial charge on any atom is 0.190 e. The summed E-state index contributed by atoms with van der Waals surface area (Å²) in [5.41, 5.74) is 1.81. The van der Waals surface area contributed by atoms with Crippen molar-refractivity contribution >= 4 is 22.8 Å². The molecule has 2 rings (SSSR count). The van der Waals surface area contributed by atoms with Crippen LogP contribution in [0.4, 0.5) is 0 Å². The van der Waals surface area contributed by atoms with Crippen LogP contribution in [0.15, 0.2) is 12.1 Å². The molecule has 0 fully saturated rings. The van der Waals surface area contributed by atoms with Gasteiger partial charge in [-0.25, -0.2) is 0 Å². The van der Waals surface area contributed by atoms with Crippen LogP contribution in [0, 0.1) is 11.8 Å². The predicted octanol–water partition coefficient (Wildman–Crippen LogP) is 18.6. The first-order valence-corrected chi connectivity index (χ1v) is 26.5. The average Bonchev–Trinajstić information content (AvgIpc) is 3.71. The van der Waals surface area contributed by atoms with Crippen LogP contribution in [0.25, 0.3) is 11.0 Å². The van der Waals surface area contributed by atoms with Crippen LogP contribution in [0.1, 0.15) is 272 Å². The van der Waals surface area contributed by atoms with E-state index in [-0.39, 0.29) is 0 Å². The lowest BCUT2D eigenvalue weighted by Gasteiger charge is -2.20. The fraction of sp³-hybridized carbons (Fsp3) is 0.885. The van der Waals surface area contributed by atoms with Crippen LogP contribution in [-0.4, -0.2) is 22.0 Å². The van der Waals surface area contributed by atoms with Crippen LogP contribution in [0.5, 0.6) is 11.5 Å². The highest BCUT2D eigenvalue weighted by Gasteiger charge is 2.17. The molecule has 0 N–H and O–H groups in total. The Kier molecular flexibility index (Phi) is 35.3. The molecular formula is C52H96N2O2S. The Bertz CT molecular complexity index is 1080. The number of nitrogens with zero attached hydrogens (tertiary/aromatic N) is 2. The van der Waals surface area contributed by atoms with E-state index in [2.05, 4.69) is 44.2 Å². The van der Waals surface area contributed by atoms with Crippen LogP contribution in [0.2, 0.25) is 0 Å². The zero-order valence-corrected chi connectivity index (χ0v) is 39.5. The minimum Gasteiger partial charge on any atom is -0.490 e. The topological polar surface area (TPSA) is 44.2 Å². The van der Waals surface area contributed by atoms with E-state index in [1.54, 1.807) is 0 Å². The highest BCUT2D eigenvalue weighted by molar-refractivity contribution is 7.00. The van der Waals surface area contributed by atoms with Gasteiger partial charge in [-0.2, -0.15) is 8.75 Å². The Morgan fingerprint density at radius 2 is 0.719 bits per heavy atom. The molecule has 0 atom stereocenters. The van der Waals surface area contributed by atoms with Crippen molar-refractivity contribution in [2.75, 3.05) is 13.2 Å². The smallest absolute Gasteiger partial charge is 0.190 e. The Morgan fingerprint density at radius 1 is 0.386 bits per heavy atom. The number of aromatic nitrogens is 2. The Hall–Kier alpha value is -1.36. The number of ether oxygens (including phenoxy) is 2. The second-order valence-corrected chi connectivity index (χ2v) is 18.6. The van der Waals surface area contributed by atoms with Gasteiger partial charge in [0.05, 0.1) is 24.9 Å². The Labute approximate surface area is 359 Å². The monoisotopic (exact) mass is 813 g/mol. The molecule has 0 radical (unpaired) electrons. The maximum absolute atomic E-state index is 6.69. The van der Waals surface area contributed by atoms with E-state index in [1.165, 1.54) is 243 Å². The number of benzene rings is 1. The van der Waals surface area contributed by atoms with Crippen molar-refractivity contribution in [2.45, 2.75) is 272 Å². The molecule has 0 saturated heterocycles. The summed E-state index contributed by atoms with van der Waals surface area (Å²) in [4.78, 5) is 0. The van der Waals surface area contributed by atoms with Crippen molar-refractivity contribution < 1.29 is 9.47 Å². The van der Waals surface area contributed by atoms with Gasteiger partial charge in [-0.05, 0) is 36.8 Å². The van der Waals surface area contributed by atoms with Crippen molar-refractivity contribution in [3.05, 3.63) is 12.1 Å². The second-order valence-electron chi connectivity index (χ2n) is 18.1. The molecule has 1 aromatic heterocycles. The number of hydrogen-bond donors (Lipinski definition) is 0. The third kappa shape index (κ3) is 27.9. The average molecular weight is 813 g/mol. The molecule has 0 aliphatic heterocycles. The van der Waals surface area contributed by atoms with Crippen LogP contribution in [0.3, 0.4) is 0 Å². The molecule has 332 valence electrons. The molecule has 0 bridgehead atoms. The molecule has 0 spiro atoms. The summed E-state index contributed by atoms with van der Waals surface area (Å²) in [5, 5.41) is 0. The lowest BCUT2D eigenvalue weighted by molar-refractivity contribution is 0.227. The van der Waals surface area contributed by atoms with Gasteiger partial charge >= 0.3 is 0 Å². The predicted molar refractivity (Wildman–Crippen MR) is 254 cm³/mol. The van der Waals surface area contributed by atoms with E-state index in [4.69, 9.17) is 13.8 Å². The molecule has 1 heterocycles. The normalized spacial score (nSPS) is 11.8. The van der Waals surface area contributed by atoms with Crippen molar-refractivity contribution in [1.82, 2.24) is 8.75 Å². The van der Waals surface area contributed by atoms with E-state index in [0.717, 1.165) is 60.4 Å². The van der Waals surface area contributed by atoms with Gasteiger partial charge in [0.2, 0.25) is 0 Å². The number of rotatable bonds is 44. The van der Waals surface area contributed by atoms with Gasteiger partial charge in [-0.15, -0.1) is 0 Å². The summed E-state index contributed by atoms with van der Waals surface area (Å²) in [6, 6.07) is 4.18. The van der Waals surface area contributed by atoms with Gasteiger partial charge in [0.25, 0.3) is 0 Å². The highest BCUT2D eigenvalue weighted by atomic mass is 32.1. The van der Waals surface area contributed by atoms with E-state index < -0.39 is 0 Å². The first-order chi connectivity index (χ1) is 28.2. The van der Waals surface area contributed by atoms with Gasteiger partial charge < -0.3 is 9.47 Å². The van der Waals surface area contributed by atoms with Crippen LogP contribution < -0.4 is 9.47 Å². The summed E-state index contributed by atoms with van der Waals surface area (Å²) in [5.74, 6) is 3.21. The summed E-state index contributed by atoms with van der Waals surface area (Å²) < 4.78 is 22.6. The Balaban J connectivity index is 1.92. The molecule has 57 heavy (non-hydrogen) atoms. The Morgan fingerprint density at radius 3 is 1.09 bits per heavy atom. The van der Waals surface area contributed by atoms with Gasteiger partial charge in [0.15, 0.2) is 17.0 Å². The zero-order chi connectivity index (χ0) is 40.7. The largest absolute Gasteiger partial charge is 0.490 e. The van der Waals surface area contributed by atoms with Gasteiger partial charge in [-0.1, -0.05) is 259 Å². The second kappa shape index (κ2) is 38.8. The summed E-state index contributed by atoms with van der Waals surface area (Å²) in [6.45, 7) is 10.8. The van der Waals surface area contributed by atoms with E-state index in [9.17, 15) is 0 Å². The van der Waals surface area contributed by atoms with E-state index in [1.807, 2.05) is 0 Å². The zero-order valence-electron chi connectivity index (χ0n) is 38.7. The SMILES string of the molecule is CCCCCCCCCCC(CCCCCCCCCC)CCOc1ccc2nsnc2c1OCCC(CCCCCCCCCC)CCCCCCCCCC. The van der Waals surface area contributed by atoms with E-state index >= 15 is 0 Å². The molecule has 0 unspecified atom stereocenters. The molecule has 0 saturated carbocycles. The van der Waals surface area contributed by atoms with Crippen molar-refractivity contribution in [3.63, 3.8) is 0 Å². The first-order valence-electron chi connectivity index (χ1n) is 25.7. The molecule has 5 heteroatoms. The molecule has 4 nitrogen and oxygen atoms in total. The first kappa shape index (κ1) is 51.8. The maximum atomic E-state index is 6.69. The summed E-state index contributed by atoms with van der Waals surface area (Å²) in [7, 11) is 0. The minimum atomic E-state index is 0.741. The fourth-order valence-corrected chi connectivity index (χ4v) is 9.39. The molecular weight excluding hydrogens is 717 g/mol. The van der Waals surface area contributed by atoms with Crippen LogP contribution in [-0.2, 0) is 0 Å². The van der Waals surface area contributed by atoms with Gasteiger partial charge in [0, 0.05) is 0 Å². The summed E-state index contributed by atoms with van der Waals surface area (Å²) in [6.07, 6.45) is 52.3. The highest BCUT2D eigenvalue weighted by Crippen LogP contribution is 2.36. The van der Waals surface area contributed by atoms with Crippen LogP contribution >= 0.6 is 11.7 Å². The minimum absolute atomic E-state index is 0.741. The van der Waals surface area contributed by atoms with E-state index in [0.29, 0.717) is 0 Å². The standard InChI is InChI=1S/C52H96N2O2S/c1-5-9-13-17-21-25-29-33-37-47(38-34-30-26-22-18-14-10-6-2)43-45-55-50-42-41-49-51(54-57-53-49)52(50)56-46-44-48(39-35-31-27-23-19-15-11-7-3)40-36-32-28-24-20-16-12-8-4/h41-42,47-48H,5-40,43-46H2,1-4H3. The van der Waals surface area contributed by atoms with Crippen molar-refractivity contribution in [3.8, 4) is 11.5 Å². The molecule has 1 aromatic carbocycles. The quantitative estimate of drug-likeness (QED) is 0.0625. The number of hydrogen-bond acceptors (Lipinski definition) is 5. The third-order valence-corrected chi connectivity index (χ3v) is 13.3. The summed E-state index contributed by atoms with van der Waals surface area (Å²) >= 11 is 1.29. The third-order valence-electron chi connectivity index (χ3n) is 12.8. The number of fused-ring (bicyclic) bond motifs is 1. The van der Waals surface area contributed by atoms with Crippen molar-refractivity contribution in [2.24, 2.45) is 11.8 Å². The molecule has 0 aliphatic carbocycles.